The topological polar surface area (TPSA) is 69.4 Å². The number of sulfonamides is 1. The molecule has 4 nitrogen and oxygen atoms in total. The molecule has 0 radical (unpaired) electrons. The number of ether oxygens (including phenoxy) is 1. The highest BCUT2D eigenvalue weighted by Gasteiger charge is 2.38. The zero-order valence-electron chi connectivity index (χ0n) is 10.9. The Morgan fingerprint density at radius 2 is 2.00 bits per heavy atom. The van der Waals surface area contributed by atoms with E-state index in [4.69, 9.17) is 9.88 Å². The smallest absolute Gasteiger partial charge is 0.209 e. The molecule has 1 aliphatic carbocycles. The largest absolute Gasteiger partial charge is 0.490 e. The Balaban J connectivity index is 2.09. The average molecular weight is 366 g/mol. The molecule has 0 aromatic heterocycles. The first-order valence-electron chi connectivity index (χ1n) is 6.38. The van der Waals surface area contributed by atoms with E-state index in [9.17, 15) is 12.8 Å². The monoisotopic (exact) mass is 365 g/mol. The van der Waals surface area contributed by atoms with Crippen LogP contribution in [0, 0.1) is 11.2 Å². The van der Waals surface area contributed by atoms with Crippen LogP contribution in [0.15, 0.2) is 22.7 Å². The molecule has 2 rings (SSSR count). The quantitative estimate of drug-likeness (QED) is 0.871. The van der Waals surface area contributed by atoms with Crippen LogP contribution in [-0.4, -0.2) is 20.8 Å². The minimum Gasteiger partial charge on any atom is -0.490 e. The van der Waals surface area contributed by atoms with Gasteiger partial charge in [-0.15, -0.1) is 0 Å². The van der Waals surface area contributed by atoms with Gasteiger partial charge in [-0.05, 0) is 31.0 Å². The van der Waals surface area contributed by atoms with Crippen molar-refractivity contribution in [1.29, 1.82) is 0 Å². The van der Waals surface area contributed by atoms with Gasteiger partial charge in [0, 0.05) is 9.89 Å². The van der Waals surface area contributed by atoms with Gasteiger partial charge in [-0.3, -0.25) is 0 Å². The Labute approximate surface area is 126 Å². The lowest BCUT2D eigenvalue weighted by Crippen LogP contribution is -2.36. The third-order valence-electron chi connectivity index (χ3n) is 3.60. The van der Waals surface area contributed by atoms with Crippen LogP contribution < -0.4 is 9.88 Å². The fourth-order valence-electron chi connectivity index (χ4n) is 2.71. The Bertz CT molecular complexity index is 585. The van der Waals surface area contributed by atoms with Crippen molar-refractivity contribution in [2.75, 3.05) is 12.4 Å². The van der Waals surface area contributed by atoms with E-state index in [-0.39, 0.29) is 18.1 Å². The number of primary sulfonamides is 1. The molecule has 1 aromatic carbocycles. The molecule has 0 heterocycles. The molecular weight excluding hydrogens is 349 g/mol. The molecule has 1 fully saturated rings. The molecule has 1 aliphatic rings. The first-order chi connectivity index (χ1) is 9.30. The lowest BCUT2D eigenvalue weighted by molar-refractivity contribution is 0.165. The molecule has 0 amide bonds. The van der Waals surface area contributed by atoms with E-state index < -0.39 is 21.3 Å². The number of benzene rings is 1. The molecule has 20 heavy (non-hydrogen) atoms. The summed E-state index contributed by atoms with van der Waals surface area (Å²) in [6.07, 6.45) is 3.37. The first-order valence-corrected chi connectivity index (χ1v) is 8.89. The summed E-state index contributed by atoms with van der Waals surface area (Å²) < 4.78 is 42.5. The molecule has 0 saturated heterocycles. The highest BCUT2D eigenvalue weighted by atomic mass is 79.9. The predicted molar refractivity (Wildman–Crippen MR) is 78.5 cm³/mol. The minimum atomic E-state index is -3.57. The van der Waals surface area contributed by atoms with Crippen LogP contribution >= 0.6 is 15.9 Å². The lowest BCUT2D eigenvalue weighted by Gasteiger charge is -2.27. The Kier molecular flexibility index (Phi) is 4.71. The maximum Gasteiger partial charge on any atom is 0.209 e. The van der Waals surface area contributed by atoms with Gasteiger partial charge >= 0.3 is 0 Å². The summed E-state index contributed by atoms with van der Waals surface area (Å²) in [5.41, 5.74) is -0.493. The van der Waals surface area contributed by atoms with Crippen molar-refractivity contribution in [2.45, 2.75) is 25.7 Å². The zero-order chi connectivity index (χ0) is 14.8. The van der Waals surface area contributed by atoms with Crippen LogP contribution in [0.5, 0.6) is 5.75 Å². The normalized spacial score (nSPS) is 18.1. The zero-order valence-corrected chi connectivity index (χ0v) is 13.3. The van der Waals surface area contributed by atoms with E-state index in [1.807, 2.05) is 0 Å². The number of hydrogen-bond donors (Lipinski definition) is 1. The maximum atomic E-state index is 13.7. The third kappa shape index (κ3) is 4.17. The fourth-order valence-corrected chi connectivity index (χ4v) is 4.26. The molecule has 7 heteroatoms. The van der Waals surface area contributed by atoms with E-state index in [1.54, 1.807) is 6.07 Å². The second-order valence-corrected chi connectivity index (χ2v) is 7.91. The van der Waals surface area contributed by atoms with Gasteiger partial charge in [-0.1, -0.05) is 28.8 Å². The summed E-state index contributed by atoms with van der Waals surface area (Å²) in [6.45, 7) is 0.169. The first kappa shape index (κ1) is 15.7. The molecule has 0 atom stereocenters. The van der Waals surface area contributed by atoms with Crippen molar-refractivity contribution < 1.29 is 17.5 Å². The van der Waals surface area contributed by atoms with E-state index in [2.05, 4.69) is 15.9 Å². The van der Waals surface area contributed by atoms with Gasteiger partial charge in [-0.2, -0.15) is 0 Å². The van der Waals surface area contributed by atoms with Crippen molar-refractivity contribution in [3.63, 3.8) is 0 Å². The van der Waals surface area contributed by atoms with Crippen molar-refractivity contribution >= 4 is 26.0 Å². The Morgan fingerprint density at radius 3 is 2.55 bits per heavy atom. The van der Waals surface area contributed by atoms with Crippen molar-refractivity contribution in [1.82, 2.24) is 0 Å². The van der Waals surface area contributed by atoms with Gasteiger partial charge in [0.25, 0.3) is 0 Å². The van der Waals surface area contributed by atoms with E-state index >= 15 is 0 Å². The average Bonchev–Trinajstić information content (AvgIpc) is 2.74. The second kappa shape index (κ2) is 5.99. The van der Waals surface area contributed by atoms with E-state index in [0.29, 0.717) is 4.47 Å². The Morgan fingerprint density at radius 1 is 1.35 bits per heavy atom. The van der Waals surface area contributed by atoms with Gasteiger partial charge < -0.3 is 4.74 Å². The second-order valence-electron chi connectivity index (χ2n) is 5.38. The molecule has 0 unspecified atom stereocenters. The van der Waals surface area contributed by atoms with Gasteiger partial charge in [0.15, 0.2) is 11.6 Å². The van der Waals surface area contributed by atoms with Crippen LogP contribution in [0.2, 0.25) is 0 Å². The molecule has 0 spiro atoms. The number of nitrogens with two attached hydrogens (primary N) is 1. The third-order valence-corrected chi connectivity index (χ3v) is 5.11. The van der Waals surface area contributed by atoms with Crippen LogP contribution in [0.25, 0.3) is 0 Å². The summed E-state index contributed by atoms with van der Waals surface area (Å²) in [6, 6.07) is 4.52. The fraction of sp³-hybridized carbons (Fsp3) is 0.538. The lowest BCUT2D eigenvalue weighted by atomic mass is 9.90. The van der Waals surface area contributed by atoms with Gasteiger partial charge in [-0.25, -0.2) is 17.9 Å². The Hall–Kier alpha value is -0.660. The van der Waals surface area contributed by atoms with Crippen LogP contribution in [0.3, 0.4) is 0 Å². The molecule has 0 bridgehead atoms. The van der Waals surface area contributed by atoms with Gasteiger partial charge in [0.2, 0.25) is 10.0 Å². The van der Waals surface area contributed by atoms with E-state index in [0.717, 1.165) is 25.7 Å². The highest BCUT2D eigenvalue weighted by Crippen LogP contribution is 2.39. The van der Waals surface area contributed by atoms with Crippen LogP contribution in [0.1, 0.15) is 25.7 Å². The molecule has 112 valence electrons. The molecule has 2 N–H and O–H groups in total. The number of hydrogen-bond acceptors (Lipinski definition) is 3. The molecule has 1 aromatic rings. The SMILES string of the molecule is NS(=O)(=O)CC1(COc2ccc(Br)cc2F)CCCC1. The van der Waals surface area contributed by atoms with Gasteiger partial charge in [0.1, 0.15) is 0 Å². The summed E-state index contributed by atoms with van der Waals surface area (Å²) in [5, 5.41) is 5.16. The number of rotatable bonds is 5. The molecule has 1 saturated carbocycles. The molecular formula is C13H17BrFNO3S. The minimum absolute atomic E-state index is 0.113. The summed E-state index contributed by atoms with van der Waals surface area (Å²) in [7, 11) is -3.57. The summed E-state index contributed by atoms with van der Waals surface area (Å²) >= 11 is 3.17. The standard InChI is InChI=1S/C13H17BrFNO3S/c14-10-3-4-12(11(15)7-10)19-8-13(5-1-2-6-13)9-20(16,17)18/h3-4,7H,1-2,5-6,8-9H2,(H2,16,17,18). The van der Waals surface area contributed by atoms with Gasteiger partial charge in [0.05, 0.1) is 12.4 Å². The molecule has 0 aliphatic heterocycles. The summed E-state index contributed by atoms with van der Waals surface area (Å²) in [5.74, 6) is -0.449. The predicted octanol–water partition coefficient (Wildman–Crippen LogP) is 2.82. The van der Waals surface area contributed by atoms with Crippen LogP contribution in [0.4, 0.5) is 4.39 Å². The summed E-state index contributed by atoms with van der Waals surface area (Å²) in [4.78, 5) is 0. The van der Waals surface area contributed by atoms with Crippen molar-refractivity contribution in [3.8, 4) is 5.75 Å². The van der Waals surface area contributed by atoms with Crippen LogP contribution in [-0.2, 0) is 10.0 Å². The van der Waals surface area contributed by atoms with E-state index in [1.165, 1.54) is 12.1 Å². The number of halogens is 2. The van der Waals surface area contributed by atoms with Crippen molar-refractivity contribution in [3.05, 3.63) is 28.5 Å². The van der Waals surface area contributed by atoms with Crippen molar-refractivity contribution in [2.24, 2.45) is 10.6 Å². The maximum absolute atomic E-state index is 13.7. The highest BCUT2D eigenvalue weighted by molar-refractivity contribution is 9.10.